The van der Waals surface area contributed by atoms with Gasteiger partial charge in [0.25, 0.3) is 0 Å². The highest BCUT2D eigenvalue weighted by Crippen LogP contribution is 2.13. The Morgan fingerprint density at radius 2 is 1.76 bits per heavy atom. The number of hydrogen-bond acceptors (Lipinski definition) is 2. The van der Waals surface area contributed by atoms with E-state index < -0.39 is 0 Å². The van der Waals surface area contributed by atoms with Crippen LogP contribution in [0.25, 0.3) is 0 Å². The molecule has 0 fully saturated rings. The Labute approximate surface area is 108 Å². The first-order chi connectivity index (χ1) is 8.25. The molecular weight excluding hydrogens is 280 g/mol. The first-order valence-electron chi connectivity index (χ1n) is 5.22. The maximum atomic E-state index is 11.6. The van der Waals surface area contributed by atoms with Gasteiger partial charge in [0.1, 0.15) is 6.61 Å². The zero-order valence-electron chi connectivity index (χ0n) is 9.10. The highest BCUT2D eigenvalue weighted by Gasteiger charge is 2.00. The lowest BCUT2D eigenvalue weighted by Gasteiger charge is -2.03. The van der Waals surface area contributed by atoms with E-state index in [1.165, 1.54) is 6.07 Å². The van der Waals surface area contributed by atoms with Crippen molar-refractivity contribution in [3.63, 3.8) is 0 Å². The van der Waals surface area contributed by atoms with E-state index in [4.69, 9.17) is 4.74 Å². The van der Waals surface area contributed by atoms with Gasteiger partial charge in [-0.25, -0.2) is 0 Å². The molecule has 0 saturated carbocycles. The van der Waals surface area contributed by atoms with Crippen molar-refractivity contribution in [1.29, 1.82) is 0 Å². The average Bonchev–Trinajstić information content (AvgIpc) is 2.50. The van der Waals surface area contributed by atoms with Crippen LogP contribution in [0.5, 0.6) is 5.75 Å². The number of rotatable bonds is 3. The van der Waals surface area contributed by atoms with Crippen molar-refractivity contribution in [2.75, 3.05) is 0 Å². The van der Waals surface area contributed by atoms with Crippen molar-refractivity contribution < 1.29 is 4.74 Å². The molecule has 0 unspecified atom stereocenters. The summed E-state index contributed by atoms with van der Waals surface area (Å²) in [5.74, 6) is 0.353. The topological polar surface area (TPSA) is 26.3 Å². The van der Waals surface area contributed by atoms with Crippen LogP contribution in [0.3, 0.4) is 0 Å². The summed E-state index contributed by atoms with van der Waals surface area (Å²) >= 11 is 3.33. The summed E-state index contributed by atoms with van der Waals surface area (Å²) in [6, 6.07) is 16.4. The molecule has 2 nitrogen and oxygen atoms in total. The fourth-order valence-electron chi connectivity index (χ4n) is 1.40. The smallest absolute Gasteiger partial charge is 0.220 e. The van der Waals surface area contributed by atoms with Gasteiger partial charge < -0.3 is 4.74 Å². The van der Waals surface area contributed by atoms with Gasteiger partial charge in [0.05, 0.1) is 0 Å². The predicted molar refractivity (Wildman–Crippen MR) is 71.2 cm³/mol. The molecule has 0 aliphatic rings. The maximum Gasteiger partial charge on any atom is 0.220 e. The zero-order valence-corrected chi connectivity index (χ0v) is 10.7. The first-order valence-corrected chi connectivity index (χ1v) is 6.01. The monoisotopic (exact) mass is 290 g/mol. The lowest BCUT2D eigenvalue weighted by atomic mass is 10.2. The van der Waals surface area contributed by atoms with Gasteiger partial charge >= 0.3 is 0 Å². The molecule has 0 bridgehead atoms. The van der Waals surface area contributed by atoms with E-state index in [-0.39, 0.29) is 5.43 Å². The molecule has 17 heavy (non-hydrogen) atoms. The van der Waals surface area contributed by atoms with Crippen LogP contribution in [0.1, 0.15) is 5.56 Å². The summed E-state index contributed by atoms with van der Waals surface area (Å²) in [7, 11) is 0. The quantitative estimate of drug-likeness (QED) is 0.866. The van der Waals surface area contributed by atoms with Crippen LogP contribution in [0.15, 0.2) is 63.9 Å². The summed E-state index contributed by atoms with van der Waals surface area (Å²) in [5.41, 5.74) is 0.918. The van der Waals surface area contributed by atoms with Crippen LogP contribution in [0.4, 0.5) is 0 Å². The van der Waals surface area contributed by atoms with Gasteiger partial charge in [-0.05, 0) is 23.8 Å². The van der Waals surface area contributed by atoms with Crippen LogP contribution in [-0.2, 0) is 6.61 Å². The summed E-state index contributed by atoms with van der Waals surface area (Å²) in [4.78, 5) is 11.6. The minimum atomic E-state index is -0.119. The van der Waals surface area contributed by atoms with Crippen LogP contribution >= 0.6 is 15.9 Å². The highest BCUT2D eigenvalue weighted by molar-refractivity contribution is 9.10. The van der Waals surface area contributed by atoms with Gasteiger partial charge in [0.15, 0.2) is 5.75 Å². The maximum absolute atomic E-state index is 11.6. The third kappa shape index (κ3) is 3.43. The molecule has 0 saturated heterocycles. The average molecular weight is 291 g/mol. The van der Waals surface area contributed by atoms with Gasteiger partial charge in [-0.3, -0.25) is 4.79 Å². The Morgan fingerprint density at radius 1 is 1.00 bits per heavy atom. The molecular formula is C14H11BrO2. The van der Waals surface area contributed by atoms with Gasteiger partial charge in [-0.1, -0.05) is 52.3 Å². The Hall–Kier alpha value is -1.61. The molecule has 86 valence electrons. The van der Waals surface area contributed by atoms with E-state index in [1.807, 2.05) is 30.3 Å². The van der Waals surface area contributed by atoms with Crippen molar-refractivity contribution in [3.8, 4) is 5.75 Å². The molecule has 0 aliphatic heterocycles. The second kappa shape index (κ2) is 5.64. The van der Waals surface area contributed by atoms with Crippen LogP contribution in [-0.4, -0.2) is 0 Å². The molecule has 3 heteroatoms. The second-order valence-electron chi connectivity index (χ2n) is 3.56. The lowest BCUT2D eigenvalue weighted by molar-refractivity contribution is 0.303. The van der Waals surface area contributed by atoms with E-state index in [1.54, 1.807) is 18.2 Å². The first kappa shape index (κ1) is 11.9. The molecule has 0 atom stereocenters. The summed E-state index contributed by atoms with van der Waals surface area (Å²) in [6.45, 7) is 0.395. The van der Waals surface area contributed by atoms with E-state index in [0.29, 0.717) is 12.4 Å². The van der Waals surface area contributed by atoms with Gasteiger partial charge in [0.2, 0.25) is 5.43 Å². The Morgan fingerprint density at radius 3 is 2.53 bits per heavy atom. The molecule has 0 N–H and O–H groups in total. The molecule has 0 spiro atoms. The summed E-state index contributed by atoms with van der Waals surface area (Å²) < 4.78 is 6.34. The van der Waals surface area contributed by atoms with E-state index in [2.05, 4.69) is 15.9 Å². The predicted octanol–water partition coefficient (Wildman–Crippen LogP) is 3.39. The fraction of sp³-hybridized carbons (Fsp3) is 0.0714. The third-order valence-corrected chi connectivity index (χ3v) is 2.75. The SMILES string of the molecule is O=c1cccc(Br)cc1OCc1ccccc1. The van der Waals surface area contributed by atoms with Gasteiger partial charge in [-0.2, -0.15) is 0 Å². The van der Waals surface area contributed by atoms with Crippen LogP contribution < -0.4 is 10.2 Å². The van der Waals surface area contributed by atoms with E-state index >= 15 is 0 Å². The standard InChI is InChI=1S/C14H11BrO2/c15-12-7-4-8-13(16)14(9-12)17-10-11-5-2-1-3-6-11/h1-9H,10H2. The molecule has 0 heterocycles. The Bertz CT molecular complexity index is 552. The summed E-state index contributed by atoms with van der Waals surface area (Å²) in [6.07, 6.45) is 0. The molecule has 0 radical (unpaired) electrons. The Kier molecular flexibility index (Phi) is 3.94. The van der Waals surface area contributed by atoms with Gasteiger partial charge in [0, 0.05) is 4.47 Å². The Balaban J connectivity index is 2.18. The molecule has 0 aliphatic carbocycles. The molecule has 2 rings (SSSR count). The van der Waals surface area contributed by atoms with Crippen molar-refractivity contribution in [2.24, 2.45) is 0 Å². The van der Waals surface area contributed by atoms with Crippen molar-refractivity contribution in [3.05, 3.63) is 74.9 Å². The zero-order chi connectivity index (χ0) is 12.1. The molecule has 0 aromatic heterocycles. The van der Waals surface area contributed by atoms with Crippen molar-refractivity contribution in [2.45, 2.75) is 6.61 Å². The number of benzene rings is 1. The highest BCUT2D eigenvalue weighted by atomic mass is 79.9. The molecule has 2 aromatic carbocycles. The van der Waals surface area contributed by atoms with E-state index in [9.17, 15) is 4.79 Å². The number of hydrogen-bond donors (Lipinski definition) is 0. The normalized spacial score (nSPS) is 9.94. The van der Waals surface area contributed by atoms with Crippen LogP contribution in [0.2, 0.25) is 0 Å². The third-order valence-electron chi connectivity index (χ3n) is 2.25. The van der Waals surface area contributed by atoms with E-state index in [0.717, 1.165) is 10.0 Å². The number of halogens is 1. The minimum Gasteiger partial charge on any atom is -0.485 e. The molecule has 0 amide bonds. The fourth-order valence-corrected chi connectivity index (χ4v) is 1.76. The summed E-state index contributed by atoms with van der Waals surface area (Å²) in [5, 5.41) is 0. The van der Waals surface area contributed by atoms with Crippen molar-refractivity contribution in [1.82, 2.24) is 0 Å². The second-order valence-corrected chi connectivity index (χ2v) is 4.47. The molecule has 2 aromatic rings. The van der Waals surface area contributed by atoms with Crippen molar-refractivity contribution >= 4 is 15.9 Å². The largest absolute Gasteiger partial charge is 0.485 e. The lowest BCUT2D eigenvalue weighted by Crippen LogP contribution is -2.04. The van der Waals surface area contributed by atoms with Crippen LogP contribution in [0, 0.1) is 0 Å². The number of ether oxygens (including phenoxy) is 1. The van der Waals surface area contributed by atoms with Gasteiger partial charge in [-0.15, -0.1) is 0 Å². The minimum absolute atomic E-state index is 0.119.